The Morgan fingerprint density at radius 2 is 1.83 bits per heavy atom. The minimum absolute atomic E-state index is 0.0612. The van der Waals surface area contributed by atoms with Crippen LogP contribution < -0.4 is 5.73 Å². The van der Waals surface area contributed by atoms with E-state index in [1.54, 1.807) is 4.90 Å². The molecule has 3 N–H and O–H groups in total. The van der Waals surface area contributed by atoms with Crippen molar-refractivity contribution in [1.29, 1.82) is 0 Å². The Kier molecular flexibility index (Phi) is 5.98. The average Bonchev–Trinajstić information content (AvgIpc) is 2.91. The van der Waals surface area contributed by atoms with Crippen LogP contribution >= 0.6 is 0 Å². The molecule has 2 amide bonds. The van der Waals surface area contributed by atoms with Crippen LogP contribution in [0.5, 0.6) is 0 Å². The molecule has 0 aliphatic carbocycles. The number of hydrogen-bond donors (Lipinski definition) is 2. The van der Waals surface area contributed by atoms with Gasteiger partial charge in [0.05, 0.1) is 12.5 Å². The quantitative estimate of drug-likeness (QED) is 0.723. The molecule has 130 valence electrons. The first kappa shape index (κ1) is 17.7. The van der Waals surface area contributed by atoms with Crippen LogP contribution in [0.2, 0.25) is 0 Å². The van der Waals surface area contributed by atoms with Gasteiger partial charge < -0.3 is 15.7 Å². The van der Waals surface area contributed by atoms with E-state index in [-0.39, 0.29) is 30.2 Å². The monoisotopic (exact) mass is 325 g/mol. The third-order valence-electron chi connectivity index (χ3n) is 5.05. The summed E-state index contributed by atoms with van der Waals surface area (Å²) in [5.74, 6) is -1.50. The number of nitrogens with zero attached hydrogens (tertiary/aromatic N) is 2. The molecule has 2 fully saturated rings. The Morgan fingerprint density at radius 1 is 1.17 bits per heavy atom. The Balaban J connectivity index is 1.89. The van der Waals surface area contributed by atoms with E-state index >= 15 is 0 Å². The van der Waals surface area contributed by atoms with Crippen molar-refractivity contribution < 1.29 is 19.5 Å². The minimum atomic E-state index is -0.796. The zero-order valence-electron chi connectivity index (χ0n) is 13.7. The molecule has 7 heteroatoms. The Bertz CT molecular complexity index is 460. The molecule has 2 heterocycles. The predicted octanol–water partition coefficient (Wildman–Crippen LogP) is 0.143. The van der Waals surface area contributed by atoms with Gasteiger partial charge in [-0.15, -0.1) is 0 Å². The first-order valence-electron chi connectivity index (χ1n) is 8.44. The summed E-state index contributed by atoms with van der Waals surface area (Å²) >= 11 is 0. The molecular formula is C16H27N3O4. The van der Waals surface area contributed by atoms with Gasteiger partial charge in [-0.25, -0.2) is 0 Å². The van der Waals surface area contributed by atoms with E-state index in [1.165, 1.54) is 0 Å². The highest BCUT2D eigenvalue weighted by molar-refractivity contribution is 5.81. The average molecular weight is 325 g/mol. The van der Waals surface area contributed by atoms with E-state index in [0.29, 0.717) is 39.0 Å². The van der Waals surface area contributed by atoms with Crippen LogP contribution in [0.4, 0.5) is 0 Å². The highest BCUT2D eigenvalue weighted by Gasteiger charge is 2.41. The fraction of sp³-hybridized carbons (Fsp3) is 0.812. The summed E-state index contributed by atoms with van der Waals surface area (Å²) in [4.78, 5) is 38.7. The summed E-state index contributed by atoms with van der Waals surface area (Å²) in [5, 5.41) is 9.35. The van der Waals surface area contributed by atoms with Crippen molar-refractivity contribution in [2.24, 2.45) is 23.5 Å². The van der Waals surface area contributed by atoms with Crippen LogP contribution in [0.15, 0.2) is 0 Å². The molecule has 0 aromatic carbocycles. The van der Waals surface area contributed by atoms with Crippen LogP contribution in [0.3, 0.4) is 0 Å². The van der Waals surface area contributed by atoms with Crippen LogP contribution in [-0.4, -0.2) is 65.4 Å². The molecular weight excluding hydrogens is 298 g/mol. The molecule has 2 atom stereocenters. The highest BCUT2D eigenvalue weighted by atomic mass is 16.4. The number of rotatable bonds is 6. The van der Waals surface area contributed by atoms with Crippen molar-refractivity contribution in [2.45, 2.75) is 32.6 Å². The number of likely N-dealkylation sites (tertiary alicyclic amines) is 2. The third kappa shape index (κ3) is 4.43. The van der Waals surface area contributed by atoms with Gasteiger partial charge in [0.1, 0.15) is 0 Å². The number of piperidine rings is 1. The van der Waals surface area contributed by atoms with Crippen LogP contribution in [-0.2, 0) is 14.4 Å². The molecule has 23 heavy (non-hydrogen) atoms. The number of hydrogen-bond acceptors (Lipinski definition) is 4. The van der Waals surface area contributed by atoms with Crippen molar-refractivity contribution in [3.63, 3.8) is 0 Å². The van der Waals surface area contributed by atoms with Gasteiger partial charge in [-0.2, -0.15) is 0 Å². The Labute approximate surface area is 136 Å². The first-order chi connectivity index (χ1) is 10.9. The Morgan fingerprint density at radius 3 is 2.35 bits per heavy atom. The number of primary amides is 1. The topological polar surface area (TPSA) is 104 Å². The normalized spacial score (nSPS) is 26.4. The van der Waals surface area contributed by atoms with Gasteiger partial charge in [0.15, 0.2) is 0 Å². The molecule has 2 rings (SSSR count). The van der Waals surface area contributed by atoms with Gasteiger partial charge >= 0.3 is 5.97 Å². The molecule has 2 aliphatic rings. The van der Waals surface area contributed by atoms with Gasteiger partial charge in [-0.05, 0) is 38.3 Å². The molecule has 2 aliphatic heterocycles. The van der Waals surface area contributed by atoms with E-state index in [4.69, 9.17) is 5.73 Å². The maximum atomic E-state index is 12.7. The number of amides is 2. The number of carboxylic acid groups (broad SMARTS) is 1. The summed E-state index contributed by atoms with van der Waals surface area (Å²) in [7, 11) is 0. The number of carbonyl (C=O) groups is 3. The maximum Gasteiger partial charge on any atom is 0.308 e. The summed E-state index contributed by atoms with van der Waals surface area (Å²) in [6.07, 6.45) is 3.19. The molecule has 0 unspecified atom stereocenters. The van der Waals surface area contributed by atoms with Crippen molar-refractivity contribution >= 4 is 17.8 Å². The van der Waals surface area contributed by atoms with Crippen molar-refractivity contribution in [3.8, 4) is 0 Å². The maximum absolute atomic E-state index is 12.7. The van der Waals surface area contributed by atoms with Gasteiger partial charge in [-0.3, -0.25) is 19.3 Å². The first-order valence-corrected chi connectivity index (χ1v) is 8.44. The second kappa shape index (κ2) is 7.77. The van der Waals surface area contributed by atoms with Gasteiger partial charge in [0, 0.05) is 19.0 Å². The van der Waals surface area contributed by atoms with E-state index in [1.807, 2.05) is 11.8 Å². The molecule has 0 spiro atoms. The second-order valence-electron chi connectivity index (χ2n) is 6.75. The summed E-state index contributed by atoms with van der Waals surface area (Å²) in [6.45, 7) is 4.55. The van der Waals surface area contributed by atoms with Gasteiger partial charge in [-0.1, -0.05) is 13.3 Å². The molecule has 7 nitrogen and oxygen atoms in total. The highest BCUT2D eigenvalue weighted by Crippen LogP contribution is 2.30. The fourth-order valence-corrected chi connectivity index (χ4v) is 3.81. The van der Waals surface area contributed by atoms with Gasteiger partial charge in [0.25, 0.3) is 0 Å². The fourth-order valence-electron chi connectivity index (χ4n) is 3.81. The number of aliphatic carboxylic acids is 1. The smallest absolute Gasteiger partial charge is 0.308 e. The zero-order chi connectivity index (χ0) is 17.0. The Hall–Kier alpha value is -1.63. The largest absolute Gasteiger partial charge is 0.481 e. The lowest BCUT2D eigenvalue weighted by Crippen LogP contribution is -2.44. The van der Waals surface area contributed by atoms with E-state index in [2.05, 4.69) is 0 Å². The molecule has 0 bridgehead atoms. The van der Waals surface area contributed by atoms with Crippen molar-refractivity contribution in [2.75, 3.05) is 32.7 Å². The summed E-state index contributed by atoms with van der Waals surface area (Å²) in [5.41, 5.74) is 5.19. The van der Waals surface area contributed by atoms with Crippen molar-refractivity contribution in [3.05, 3.63) is 0 Å². The minimum Gasteiger partial charge on any atom is -0.481 e. The van der Waals surface area contributed by atoms with E-state index < -0.39 is 11.9 Å². The number of nitrogens with two attached hydrogens (primary N) is 1. The van der Waals surface area contributed by atoms with Crippen molar-refractivity contribution in [1.82, 2.24) is 9.80 Å². The predicted molar refractivity (Wildman–Crippen MR) is 84.5 cm³/mol. The van der Waals surface area contributed by atoms with Crippen LogP contribution in [0.1, 0.15) is 32.6 Å². The molecule has 0 saturated carbocycles. The van der Waals surface area contributed by atoms with Crippen LogP contribution in [0.25, 0.3) is 0 Å². The molecule has 0 aromatic heterocycles. The zero-order valence-corrected chi connectivity index (χ0v) is 13.7. The van der Waals surface area contributed by atoms with E-state index in [0.717, 1.165) is 12.8 Å². The lowest BCUT2D eigenvalue weighted by Gasteiger charge is -2.32. The molecule has 0 aromatic rings. The molecule has 0 radical (unpaired) electrons. The van der Waals surface area contributed by atoms with Crippen LogP contribution in [0, 0.1) is 17.8 Å². The second-order valence-corrected chi connectivity index (χ2v) is 6.75. The number of carbonyl (C=O) groups excluding carboxylic acids is 2. The SMILES string of the molecule is CCC[C@@H]1CN(C(=O)C2CCN(CC(N)=O)CC2)C[C@H]1C(=O)O. The lowest BCUT2D eigenvalue weighted by atomic mass is 9.92. The van der Waals surface area contributed by atoms with Gasteiger partial charge in [0.2, 0.25) is 11.8 Å². The summed E-state index contributed by atoms with van der Waals surface area (Å²) < 4.78 is 0. The number of carboxylic acids is 1. The lowest BCUT2D eigenvalue weighted by molar-refractivity contribution is -0.142. The summed E-state index contributed by atoms with van der Waals surface area (Å²) in [6, 6.07) is 0. The molecule has 2 saturated heterocycles. The third-order valence-corrected chi connectivity index (χ3v) is 5.05. The standard InChI is InChI=1S/C16H27N3O4/c1-2-3-12-8-19(9-13(12)16(22)23)15(21)11-4-6-18(7-5-11)10-14(17)20/h11-13H,2-10H2,1H3,(H2,17,20)(H,22,23)/t12-,13-/m1/s1. The van der Waals surface area contributed by atoms with E-state index in [9.17, 15) is 19.5 Å².